The van der Waals surface area contributed by atoms with Crippen molar-refractivity contribution in [2.24, 2.45) is 0 Å². The highest BCUT2D eigenvalue weighted by molar-refractivity contribution is 7.80. The van der Waals surface area contributed by atoms with Gasteiger partial charge in [-0.15, -0.1) is 0 Å². The Hall–Kier alpha value is -2.73. The van der Waals surface area contributed by atoms with Crippen molar-refractivity contribution < 1.29 is 19.4 Å². The maximum absolute atomic E-state index is 14.1. The lowest BCUT2D eigenvalue weighted by Gasteiger charge is -2.13. The van der Waals surface area contributed by atoms with Gasteiger partial charge >= 0.3 is 5.97 Å². The Labute approximate surface area is 161 Å². The van der Waals surface area contributed by atoms with E-state index in [0.717, 1.165) is 11.1 Å². The molecule has 140 valence electrons. The molecule has 1 atom stereocenters. The number of aliphatic carboxylic acids is 1. The lowest BCUT2D eigenvalue weighted by atomic mass is 9.94. The van der Waals surface area contributed by atoms with Gasteiger partial charge in [0.1, 0.15) is 4.99 Å². The number of hydrogen-bond donors (Lipinski definition) is 2. The fraction of sp³-hybridized carbons (Fsp3) is 0.238. The Balaban J connectivity index is 2.34. The highest BCUT2D eigenvalue weighted by Crippen LogP contribution is 2.37. The van der Waals surface area contributed by atoms with Crippen LogP contribution in [0.4, 0.5) is 4.39 Å². The highest BCUT2D eigenvalue weighted by atomic mass is 32.1. The number of nitrogens with zero attached hydrogens (tertiary/aromatic N) is 1. The third-order valence-corrected chi connectivity index (χ3v) is 5.30. The number of benzene rings is 2. The van der Waals surface area contributed by atoms with Crippen LogP contribution in [-0.2, 0) is 4.79 Å². The second-order valence-corrected chi connectivity index (χ2v) is 7.01. The SMILES string of the molecule is CCC(C(=O)O)c1c(C)n(C(=S)c2ccc(C)cc2)c2cc(F)c(O)cc12. The van der Waals surface area contributed by atoms with Crippen molar-refractivity contribution in [3.05, 3.63) is 64.6 Å². The van der Waals surface area contributed by atoms with Gasteiger partial charge in [-0.25, -0.2) is 4.39 Å². The van der Waals surface area contributed by atoms with E-state index < -0.39 is 23.5 Å². The van der Waals surface area contributed by atoms with E-state index in [9.17, 15) is 19.4 Å². The van der Waals surface area contributed by atoms with E-state index in [1.807, 2.05) is 31.2 Å². The van der Waals surface area contributed by atoms with Crippen LogP contribution < -0.4 is 0 Å². The van der Waals surface area contributed by atoms with Crippen molar-refractivity contribution in [3.8, 4) is 5.75 Å². The second-order valence-electron chi connectivity index (χ2n) is 6.63. The van der Waals surface area contributed by atoms with Crippen LogP contribution in [0, 0.1) is 19.7 Å². The first kappa shape index (κ1) is 19.0. The molecule has 0 fully saturated rings. The fourth-order valence-electron chi connectivity index (χ4n) is 3.48. The number of hydrogen-bond acceptors (Lipinski definition) is 3. The zero-order chi connectivity index (χ0) is 19.9. The molecule has 6 heteroatoms. The van der Waals surface area contributed by atoms with Crippen LogP contribution in [0.5, 0.6) is 5.75 Å². The molecule has 0 aliphatic rings. The minimum Gasteiger partial charge on any atom is -0.505 e. The summed E-state index contributed by atoms with van der Waals surface area (Å²) in [5, 5.41) is 20.0. The number of aromatic hydroxyl groups is 1. The van der Waals surface area contributed by atoms with Crippen LogP contribution in [0.2, 0.25) is 0 Å². The van der Waals surface area contributed by atoms with Gasteiger partial charge in [-0.05, 0) is 31.9 Å². The summed E-state index contributed by atoms with van der Waals surface area (Å²) in [6, 6.07) is 10.1. The lowest BCUT2D eigenvalue weighted by Crippen LogP contribution is -2.15. The number of phenolic OH excluding ortho intramolecular Hbond substituents is 1. The number of carbonyl (C=O) groups is 1. The van der Waals surface area contributed by atoms with Gasteiger partial charge in [-0.1, -0.05) is 49.0 Å². The number of thiocarbonyl (C=S) groups is 1. The zero-order valence-corrected chi connectivity index (χ0v) is 16.1. The molecule has 1 heterocycles. The van der Waals surface area contributed by atoms with Gasteiger partial charge in [-0.2, -0.15) is 0 Å². The van der Waals surface area contributed by atoms with Gasteiger partial charge in [0.05, 0.1) is 11.4 Å². The molecule has 27 heavy (non-hydrogen) atoms. The molecule has 3 rings (SSSR count). The molecule has 0 aliphatic heterocycles. The van der Waals surface area contributed by atoms with Crippen LogP contribution in [0.25, 0.3) is 10.9 Å². The summed E-state index contributed by atoms with van der Waals surface area (Å²) in [6.45, 7) is 5.53. The minimum absolute atomic E-state index is 0.366. The van der Waals surface area contributed by atoms with Crippen molar-refractivity contribution >= 4 is 34.1 Å². The van der Waals surface area contributed by atoms with E-state index in [1.54, 1.807) is 18.4 Å². The van der Waals surface area contributed by atoms with E-state index in [-0.39, 0.29) is 0 Å². The quantitative estimate of drug-likeness (QED) is 0.627. The molecule has 0 spiro atoms. The number of rotatable bonds is 4. The summed E-state index contributed by atoms with van der Waals surface area (Å²) >= 11 is 5.65. The predicted molar refractivity (Wildman–Crippen MR) is 107 cm³/mol. The number of phenols is 1. The topological polar surface area (TPSA) is 62.5 Å². The largest absolute Gasteiger partial charge is 0.505 e. The molecule has 0 bridgehead atoms. The van der Waals surface area contributed by atoms with Crippen molar-refractivity contribution in [2.75, 3.05) is 0 Å². The molecule has 0 aliphatic carbocycles. The normalized spacial score (nSPS) is 12.3. The molecule has 0 saturated carbocycles. The molecule has 0 radical (unpaired) electrons. The van der Waals surface area contributed by atoms with E-state index in [0.29, 0.717) is 33.6 Å². The van der Waals surface area contributed by atoms with Gasteiger partial charge in [-0.3, -0.25) is 4.79 Å². The summed E-state index contributed by atoms with van der Waals surface area (Å²) in [4.78, 5) is 12.2. The van der Waals surface area contributed by atoms with Crippen LogP contribution in [-0.4, -0.2) is 25.7 Å². The first-order valence-electron chi connectivity index (χ1n) is 8.63. The molecule has 0 saturated heterocycles. The van der Waals surface area contributed by atoms with Gasteiger partial charge in [0.25, 0.3) is 0 Å². The molecule has 3 aromatic rings. The number of aromatic nitrogens is 1. The number of carboxylic acids is 1. The van der Waals surface area contributed by atoms with Gasteiger partial charge in [0, 0.05) is 22.7 Å². The van der Waals surface area contributed by atoms with Crippen LogP contribution >= 0.6 is 12.2 Å². The Bertz CT molecular complexity index is 1050. The predicted octanol–water partition coefficient (Wildman–Crippen LogP) is 4.90. The monoisotopic (exact) mass is 385 g/mol. The number of carboxylic acid groups (broad SMARTS) is 1. The van der Waals surface area contributed by atoms with E-state index in [2.05, 4.69) is 0 Å². The molecule has 0 amide bonds. The van der Waals surface area contributed by atoms with E-state index in [1.165, 1.54) is 12.1 Å². The van der Waals surface area contributed by atoms with Crippen LogP contribution in [0.3, 0.4) is 0 Å². The lowest BCUT2D eigenvalue weighted by molar-refractivity contribution is -0.138. The highest BCUT2D eigenvalue weighted by Gasteiger charge is 2.28. The number of halogens is 1. The molecule has 1 aromatic heterocycles. The van der Waals surface area contributed by atoms with Crippen LogP contribution in [0.15, 0.2) is 36.4 Å². The van der Waals surface area contributed by atoms with E-state index in [4.69, 9.17) is 12.2 Å². The number of aryl methyl sites for hydroxylation is 1. The van der Waals surface area contributed by atoms with Gasteiger partial charge in [0.2, 0.25) is 0 Å². The molecule has 4 nitrogen and oxygen atoms in total. The molecular weight excluding hydrogens is 365 g/mol. The Morgan fingerprint density at radius 1 is 1.22 bits per heavy atom. The smallest absolute Gasteiger partial charge is 0.311 e. The van der Waals surface area contributed by atoms with E-state index >= 15 is 0 Å². The Kier molecular flexibility index (Phi) is 5.02. The van der Waals surface area contributed by atoms with Crippen molar-refractivity contribution in [1.29, 1.82) is 0 Å². The van der Waals surface area contributed by atoms with Crippen molar-refractivity contribution in [2.45, 2.75) is 33.1 Å². The third-order valence-electron chi connectivity index (χ3n) is 4.88. The standard InChI is InChI=1S/C21H20FNO3S/c1-4-14(21(25)26)19-12(3)23(17-10-16(22)18(24)9-15(17)19)20(27)13-7-5-11(2)6-8-13/h5-10,14,24H,4H2,1-3H3,(H,25,26). The van der Waals surface area contributed by atoms with Crippen molar-refractivity contribution in [3.63, 3.8) is 0 Å². The maximum Gasteiger partial charge on any atom is 0.311 e. The summed E-state index contributed by atoms with van der Waals surface area (Å²) in [7, 11) is 0. The second kappa shape index (κ2) is 7.12. The molecule has 2 aromatic carbocycles. The van der Waals surface area contributed by atoms with Crippen molar-refractivity contribution in [1.82, 2.24) is 4.57 Å². The first-order chi connectivity index (χ1) is 12.8. The molecule has 1 unspecified atom stereocenters. The molecule has 2 N–H and O–H groups in total. The molecular formula is C21H20FNO3S. The first-order valence-corrected chi connectivity index (χ1v) is 9.04. The van der Waals surface area contributed by atoms with Gasteiger partial charge < -0.3 is 14.8 Å². The minimum atomic E-state index is -0.968. The average Bonchev–Trinajstić information content (AvgIpc) is 2.88. The Morgan fingerprint density at radius 2 is 1.85 bits per heavy atom. The fourth-order valence-corrected chi connectivity index (χ4v) is 3.85. The summed E-state index contributed by atoms with van der Waals surface area (Å²) in [5.41, 5.74) is 3.49. The summed E-state index contributed by atoms with van der Waals surface area (Å²) in [6.07, 6.45) is 0.366. The summed E-state index contributed by atoms with van der Waals surface area (Å²) < 4.78 is 15.8. The average molecular weight is 385 g/mol. The number of fused-ring (bicyclic) bond motifs is 1. The maximum atomic E-state index is 14.1. The van der Waals surface area contributed by atoms with Crippen LogP contribution in [0.1, 0.15) is 41.6 Å². The zero-order valence-electron chi connectivity index (χ0n) is 15.3. The Morgan fingerprint density at radius 3 is 2.41 bits per heavy atom. The summed E-state index contributed by atoms with van der Waals surface area (Å²) in [5.74, 6) is -3.03. The third kappa shape index (κ3) is 3.21. The van der Waals surface area contributed by atoms with Gasteiger partial charge in [0.15, 0.2) is 11.6 Å².